The maximum absolute atomic E-state index is 5.82. The zero-order valence-electron chi connectivity index (χ0n) is 10.8. The second-order valence-corrected chi connectivity index (χ2v) is 4.93. The summed E-state index contributed by atoms with van der Waals surface area (Å²) < 4.78 is 5.82. The minimum atomic E-state index is 0.106. The molecule has 17 heavy (non-hydrogen) atoms. The molecule has 2 N–H and O–H groups in total. The quantitative estimate of drug-likeness (QED) is 0.786. The number of para-hydroxylation sites is 1. The minimum Gasteiger partial charge on any atom is -0.493 e. The maximum Gasteiger partial charge on any atom is 0.122 e. The Morgan fingerprint density at radius 3 is 2.59 bits per heavy atom. The largest absolute Gasteiger partial charge is 0.493 e. The first-order chi connectivity index (χ1) is 8.06. The van der Waals surface area contributed by atoms with E-state index in [0.29, 0.717) is 17.5 Å². The Morgan fingerprint density at radius 1 is 1.35 bits per heavy atom. The van der Waals surface area contributed by atoms with Gasteiger partial charge in [-0.05, 0) is 24.0 Å². The number of nitrogens with two attached hydrogens (primary N) is 1. The van der Waals surface area contributed by atoms with E-state index in [9.17, 15) is 0 Å². The van der Waals surface area contributed by atoms with Crippen LogP contribution in [-0.2, 0) is 0 Å². The molecule has 3 heteroatoms. The zero-order valence-corrected chi connectivity index (χ0v) is 11.6. The Morgan fingerprint density at radius 2 is 2.00 bits per heavy atom. The van der Waals surface area contributed by atoms with Crippen molar-refractivity contribution in [3.8, 4) is 5.75 Å². The van der Waals surface area contributed by atoms with E-state index in [1.165, 1.54) is 5.56 Å². The normalized spacial score (nSPS) is 14.1. The van der Waals surface area contributed by atoms with Gasteiger partial charge in [0.2, 0.25) is 0 Å². The van der Waals surface area contributed by atoms with Crippen LogP contribution in [0.25, 0.3) is 0 Å². The highest BCUT2D eigenvalue weighted by atomic mass is 32.1. The maximum atomic E-state index is 5.82. The number of thiocarbonyl (C=S) groups is 1. The molecule has 0 saturated heterocycles. The fraction of sp³-hybridized carbons (Fsp3) is 0.500. The topological polar surface area (TPSA) is 35.2 Å². The van der Waals surface area contributed by atoms with Gasteiger partial charge < -0.3 is 10.5 Å². The number of benzene rings is 1. The average Bonchev–Trinajstić information content (AvgIpc) is 2.35. The molecule has 0 aliphatic rings. The SMILES string of the molecule is CCC(C)c1ccccc1OCC(C)C(N)=S. The predicted octanol–water partition coefficient (Wildman–Crippen LogP) is 3.50. The molecule has 1 aromatic carbocycles. The lowest BCUT2D eigenvalue weighted by atomic mass is 9.98. The van der Waals surface area contributed by atoms with Gasteiger partial charge >= 0.3 is 0 Å². The summed E-state index contributed by atoms with van der Waals surface area (Å²) in [4.78, 5) is 0.506. The second kappa shape index (κ2) is 6.60. The highest BCUT2D eigenvalue weighted by Crippen LogP contribution is 2.28. The van der Waals surface area contributed by atoms with Crippen LogP contribution in [0.5, 0.6) is 5.75 Å². The third-order valence-corrected chi connectivity index (χ3v) is 3.44. The summed E-state index contributed by atoms with van der Waals surface area (Å²) in [7, 11) is 0. The molecule has 0 aromatic heterocycles. The molecule has 0 fully saturated rings. The summed E-state index contributed by atoms with van der Waals surface area (Å²) in [6.45, 7) is 6.91. The van der Waals surface area contributed by atoms with Crippen LogP contribution in [0.2, 0.25) is 0 Å². The standard InChI is InChI=1S/C14H21NOS/c1-4-10(2)12-7-5-6-8-13(12)16-9-11(3)14(15)17/h5-8,10-11H,4,9H2,1-3H3,(H2,15,17). The van der Waals surface area contributed by atoms with Gasteiger partial charge in [0.1, 0.15) is 5.75 Å². The fourth-order valence-corrected chi connectivity index (χ4v) is 1.60. The van der Waals surface area contributed by atoms with Crippen molar-refractivity contribution in [2.45, 2.75) is 33.1 Å². The third kappa shape index (κ3) is 4.00. The lowest BCUT2D eigenvalue weighted by Crippen LogP contribution is -2.24. The van der Waals surface area contributed by atoms with Crippen molar-refractivity contribution in [3.63, 3.8) is 0 Å². The van der Waals surface area contributed by atoms with Crippen molar-refractivity contribution >= 4 is 17.2 Å². The summed E-state index contributed by atoms with van der Waals surface area (Å²) in [5.41, 5.74) is 6.83. The number of hydrogen-bond acceptors (Lipinski definition) is 2. The van der Waals surface area contributed by atoms with Crippen molar-refractivity contribution in [1.82, 2.24) is 0 Å². The molecule has 0 bridgehead atoms. The van der Waals surface area contributed by atoms with Crippen molar-refractivity contribution in [2.24, 2.45) is 11.7 Å². The Labute approximate surface area is 109 Å². The summed E-state index contributed by atoms with van der Waals surface area (Å²) in [5, 5.41) is 0. The third-order valence-electron chi connectivity index (χ3n) is 3.04. The molecule has 0 radical (unpaired) electrons. The van der Waals surface area contributed by atoms with Gasteiger partial charge in [0.05, 0.1) is 11.6 Å². The number of hydrogen-bond donors (Lipinski definition) is 1. The molecule has 1 rings (SSSR count). The molecular weight excluding hydrogens is 230 g/mol. The molecule has 2 atom stereocenters. The summed E-state index contributed by atoms with van der Waals surface area (Å²) in [6, 6.07) is 8.17. The van der Waals surface area contributed by atoms with Gasteiger partial charge in [-0.1, -0.05) is 51.2 Å². The zero-order chi connectivity index (χ0) is 12.8. The van der Waals surface area contributed by atoms with Gasteiger partial charge in [0.15, 0.2) is 0 Å². The predicted molar refractivity (Wildman–Crippen MR) is 76.6 cm³/mol. The molecular formula is C14H21NOS. The first-order valence-corrected chi connectivity index (χ1v) is 6.48. The molecule has 2 unspecified atom stereocenters. The second-order valence-electron chi connectivity index (χ2n) is 4.46. The van der Waals surface area contributed by atoms with Crippen LogP contribution in [0.3, 0.4) is 0 Å². The summed E-state index contributed by atoms with van der Waals surface area (Å²) in [6.07, 6.45) is 1.10. The van der Waals surface area contributed by atoms with E-state index >= 15 is 0 Å². The van der Waals surface area contributed by atoms with E-state index in [2.05, 4.69) is 19.9 Å². The van der Waals surface area contributed by atoms with Crippen molar-refractivity contribution in [3.05, 3.63) is 29.8 Å². The molecule has 0 aliphatic heterocycles. The monoisotopic (exact) mass is 251 g/mol. The van der Waals surface area contributed by atoms with Gasteiger partial charge in [-0.3, -0.25) is 0 Å². The summed E-state index contributed by atoms with van der Waals surface area (Å²) in [5.74, 6) is 1.56. The lowest BCUT2D eigenvalue weighted by molar-refractivity contribution is 0.289. The van der Waals surface area contributed by atoms with E-state index in [-0.39, 0.29) is 5.92 Å². The molecule has 0 heterocycles. The van der Waals surface area contributed by atoms with E-state index in [1.807, 2.05) is 25.1 Å². The van der Waals surface area contributed by atoms with Crippen LogP contribution >= 0.6 is 12.2 Å². The van der Waals surface area contributed by atoms with Gasteiger partial charge in [0, 0.05) is 5.92 Å². The fourth-order valence-electron chi connectivity index (χ4n) is 1.54. The first kappa shape index (κ1) is 14.0. The minimum absolute atomic E-state index is 0.106. The van der Waals surface area contributed by atoms with E-state index in [4.69, 9.17) is 22.7 Å². The van der Waals surface area contributed by atoms with Crippen LogP contribution in [0.15, 0.2) is 24.3 Å². The van der Waals surface area contributed by atoms with Gasteiger partial charge in [-0.15, -0.1) is 0 Å². The first-order valence-electron chi connectivity index (χ1n) is 6.07. The van der Waals surface area contributed by atoms with Crippen LogP contribution in [-0.4, -0.2) is 11.6 Å². The number of ether oxygens (including phenoxy) is 1. The van der Waals surface area contributed by atoms with Crippen LogP contribution in [0.4, 0.5) is 0 Å². The van der Waals surface area contributed by atoms with Gasteiger partial charge in [0.25, 0.3) is 0 Å². The Kier molecular flexibility index (Phi) is 5.42. The average molecular weight is 251 g/mol. The van der Waals surface area contributed by atoms with E-state index in [1.54, 1.807) is 0 Å². The van der Waals surface area contributed by atoms with Crippen LogP contribution < -0.4 is 10.5 Å². The molecule has 1 aromatic rings. The molecule has 94 valence electrons. The smallest absolute Gasteiger partial charge is 0.122 e. The highest BCUT2D eigenvalue weighted by Gasteiger charge is 2.11. The van der Waals surface area contributed by atoms with Crippen LogP contribution in [0.1, 0.15) is 38.7 Å². The van der Waals surface area contributed by atoms with Crippen LogP contribution in [0, 0.1) is 5.92 Å². The summed E-state index contributed by atoms with van der Waals surface area (Å²) >= 11 is 4.94. The molecule has 0 aliphatic carbocycles. The molecule has 0 saturated carbocycles. The molecule has 0 amide bonds. The molecule has 0 spiro atoms. The van der Waals surface area contributed by atoms with Crippen molar-refractivity contribution in [1.29, 1.82) is 0 Å². The van der Waals surface area contributed by atoms with Gasteiger partial charge in [-0.2, -0.15) is 0 Å². The number of rotatable bonds is 6. The van der Waals surface area contributed by atoms with Crippen molar-refractivity contribution < 1.29 is 4.74 Å². The van der Waals surface area contributed by atoms with E-state index in [0.717, 1.165) is 12.2 Å². The Hall–Kier alpha value is -1.09. The van der Waals surface area contributed by atoms with Gasteiger partial charge in [-0.25, -0.2) is 0 Å². The Balaban J connectivity index is 2.73. The lowest BCUT2D eigenvalue weighted by Gasteiger charge is -2.17. The van der Waals surface area contributed by atoms with E-state index < -0.39 is 0 Å². The highest BCUT2D eigenvalue weighted by molar-refractivity contribution is 7.80. The Bertz CT molecular complexity index is 378. The molecule has 2 nitrogen and oxygen atoms in total. The van der Waals surface area contributed by atoms with Crippen molar-refractivity contribution in [2.75, 3.05) is 6.61 Å².